The number of carboxylic acids is 1. The van der Waals surface area contributed by atoms with Gasteiger partial charge in [-0.05, 0) is 93.5 Å². The van der Waals surface area contributed by atoms with Crippen LogP contribution in [0.5, 0.6) is 0 Å². The Labute approximate surface area is 352 Å². The lowest BCUT2D eigenvalue weighted by Gasteiger charge is -2.15. The minimum absolute atomic E-state index is 0.152. The molecule has 5 N–H and O–H groups in total. The summed E-state index contributed by atoms with van der Waals surface area (Å²) in [6.07, 6.45) is 9.51. The number of halogens is 2. The van der Waals surface area contributed by atoms with Crippen LogP contribution in [-0.2, 0) is 23.7 Å². The van der Waals surface area contributed by atoms with E-state index in [1.807, 2.05) is 0 Å². The molecular formula is C42H62Cl2N4O10. The van der Waals surface area contributed by atoms with Crippen molar-refractivity contribution in [3.63, 3.8) is 0 Å². The average Bonchev–Trinajstić information content (AvgIpc) is 3.23. The molecule has 0 bridgehead atoms. The lowest BCUT2D eigenvalue weighted by atomic mass is 10.1. The third kappa shape index (κ3) is 23.6. The Kier molecular flexibility index (Phi) is 28.7. The number of benzene rings is 2. The fourth-order valence-electron chi connectivity index (χ4n) is 5.45. The SMILES string of the molecule is O=C(NCCCCC(NC(=O)c1ccc(C(=O)NCCOCCOCCCCCCCl)cc1)C(=O)O)c1ccc(C(=O)NCCOCCOCCCCCCCl)cc1. The van der Waals surface area contributed by atoms with Crippen molar-refractivity contribution < 1.29 is 48.0 Å². The number of hydrogen-bond acceptors (Lipinski definition) is 9. The van der Waals surface area contributed by atoms with Gasteiger partial charge in [-0.3, -0.25) is 19.2 Å². The van der Waals surface area contributed by atoms with Crippen LogP contribution < -0.4 is 21.3 Å². The normalized spacial score (nSPS) is 11.5. The van der Waals surface area contributed by atoms with Gasteiger partial charge in [-0.25, -0.2) is 4.79 Å². The molecule has 16 heteroatoms. The zero-order valence-electron chi connectivity index (χ0n) is 33.5. The second kappa shape index (κ2) is 33.1. The highest BCUT2D eigenvalue weighted by Gasteiger charge is 2.21. The Bertz CT molecular complexity index is 1450. The lowest BCUT2D eigenvalue weighted by molar-refractivity contribution is -0.139. The molecule has 0 aliphatic carbocycles. The fourth-order valence-corrected chi connectivity index (χ4v) is 5.83. The summed E-state index contributed by atoms with van der Waals surface area (Å²) in [5.74, 6) is -1.30. The minimum Gasteiger partial charge on any atom is -0.480 e. The van der Waals surface area contributed by atoms with Crippen molar-refractivity contribution in [1.29, 1.82) is 0 Å². The van der Waals surface area contributed by atoms with Crippen molar-refractivity contribution in [2.45, 2.75) is 76.7 Å². The maximum Gasteiger partial charge on any atom is 0.326 e. The predicted octanol–water partition coefficient (Wildman–Crippen LogP) is 5.59. The van der Waals surface area contributed by atoms with Gasteiger partial charge in [0.05, 0.1) is 39.6 Å². The molecule has 1 unspecified atom stereocenters. The number of amides is 4. The standard InChI is InChI=1S/C42H62Cl2N4O10/c43-20-6-1-3-9-25-55-29-31-57-27-23-46-39(50)34-14-12-33(13-15-34)38(49)45-22-8-5-11-37(42(53)54)48-41(52)36-18-16-35(17-19-36)40(51)47-24-28-58-32-30-56-26-10-4-2-7-21-44/h12-19,37H,1-11,20-32H2,(H,45,49)(H,46,50)(H,47,51)(H,48,52)(H,53,54). The summed E-state index contributed by atoms with van der Waals surface area (Å²) in [6, 6.07) is 11.0. The highest BCUT2D eigenvalue weighted by molar-refractivity contribution is 6.18. The van der Waals surface area contributed by atoms with Crippen molar-refractivity contribution in [3.05, 3.63) is 70.8 Å². The van der Waals surface area contributed by atoms with Gasteiger partial charge in [0.2, 0.25) is 0 Å². The van der Waals surface area contributed by atoms with Crippen LogP contribution in [0.2, 0.25) is 0 Å². The van der Waals surface area contributed by atoms with Crippen LogP contribution in [0.3, 0.4) is 0 Å². The van der Waals surface area contributed by atoms with Gasteiger partial charge in [-0.2, -0.15) is 0 Å². The van der Waals surface area contributed by atoms with Crippen molar-refractivity contribution in [2.24, 2.45) is 0 Å². The summed E-state index contributed by atoms with van der Waals surface area (Å²) in [7, 11) is 0. The highest BCUT2D eigenvalue weighted by Crippen LogP contribution is 2.09. The topological polar surface area (TPSA) is 191 Å². The highest BCUT2D eigenvalue weighted by atomic mass is 35.5. The van der Waals surface area contributed by atoms with Gasteiger partial charge in [0.1, 0.15) is 6.04 Å². The molecule has 0 spiro atoms. The Morgan fingerprint density at radius 3 is 1.21 bits per heavy atom. The summed E-state index contributed by atoms with van der Waals surface area (Å²) < 4.78 is 22.0. The molecule has 0 fully saturated rings. The summed E-state index contributed by atoms with van der Waals surface area (Å²) >= 11 is 11.3. The maximum absolute atomic E-state index is 12.8. The Hall–Kier alpha value is -3.79. The smallest absolute Gasteiger partial charge is 0.326 e. The predicted molar refractivity (Wildman–Crippen MR) is 224 cm³/mol. The van der Waals surface area contributed by atoms with Crippen LogP contribution in [-0.4, -0.2) is 125 Å². The van der Waals surface area contributed by atoms with Crippen LogP contribution in [0.1, 0.15) is 112 Å². The molecule has 14 nitrogen and oxygen atoms in total. The Morgan fingerprint density at radius 1 is 0.448 bits per heavy atom. The monoisotopic (exact) mass is 852 g/mol. The van der Waals surface area contributed by atoms with E-state index in [2.05, 4.69) is 21.3 Å². The van der Waals surface area contributed by atoms with Gasteiger partial charge in [0, 0.05) is 66.9 Å². The number of carboxylic acid groups (broad SMARTS) is 1. The number of carbonyl (C=O) groups is 5. The Morgan fingerprint density at radius 2 is 0.810 bits per heavy atom. The number of alkyl halides is 2. The van der Waals surface area contributed by atoms with Crippen LogP contribution in [0.25, 0.3) is 0 Å². The lowest BCUT2D eigenvalue weighted by Crippen LogP contribution is -2.40. The van der Waals surface area contributed by atoms with E-state index in [0.717, 1.165) is 51.4 Å². The molecule has 4 amide bonds. The van der Waals surface area contributed by atoms with Crippen molar-refractivity contribution in [3.8, 4) is 0 Å². The number of hydrogen-bond donors (Lipinski definition) is 5. The summed E-state index contributed by atoms with van der Waals surface area (Å²) in [5, 5.41) is 20.5. The van der Waals surface area contributed by atoms with E-state index in [1.165, 1.54) is 24.3 Å². The summed E-state index contributed by atoms with van der Waals surface area (Å²) in [5.41, 5.74) is 1.35. The first kappa shape index (κ1) is 50.4. The average molecular weight is 854 g/mol. The molecule has 324 valence electrons. The molecule has 0 heterocycles. The van der Waals surface area contributed by atoms with E-state index in [1.54, 1.807) is 24.3 Å². The van der Waals surface area contributed by atoms with E-state index in [4.69, 9.17) is 42.1 Å². The largest absolute Gasteiger partial charge is 0.480 e. The van der Waals surface area contributed by atoms with Crippen LogP contribution in [0, 0.1) is 0 Å². The molecule has 0 saturated carbocycles. The zero-order chi connectivity index (χ0) is 42.1. The van der Waals surface area contributed by atoms with Gasteiger partial charge >= 0.3 is 5.97 Å². The second-order valence-electron chi connectivity index (χ2n) is 13.4. The quantitative estimate of drug-likeness (QED) is 0.0432. The van der Waals surface area contributed by atoms with Crippen LogP contribution in [0.15, 0.2) is 48.5 Å². The number of aliphatic carboxylic acids is 1. The third-order valence-electron chi connectivity index (χ3n) is 8.78. The summed E-state index contributed by atoms with van der Waals surface area (Å²) in [6.45, 7) is 4.87. The summed E-state index contributed by atoms with van der Waals surface area (Å²) in [4.78, 5) is 62.2. The number of nitrogens with one attached hydrogen (secondary N) is 4. The number of ether oxygens (including phenoxy) is 4. The van der Waals surface area contributed by atoms with Crippen molar-refractivity contribution >= 4 is 52.8 Å². The molecule has 0 radical (unpaired) electrons. The van der Waals surface area contributed by atoms with E-state index in [0.29, 0.717) is 114 Å². The van der Waals surface area contributed by atoms with Gasteiger partial charge in [-0.15, -0.1) is 23.2 Å². The Balaban J connectivity index is 1.58. The first-order valence-corrected chi connectivity index (χ1v) is 21.3. The first-order chi connectivity index (χ1) is 28.3. The van der Waals surface area contributed by atoms with Gasteiger partial charge in [0.25, 0.3) is 23.6 Å². The third-order valence-corrected chi connectivity index (χ3v) is 9.31. The van der Waals surface area contributed by atoms with Crippen molar-refractivity contribution in [1.82, 2.24) is 21.3 Å². The molecule has 0 aromatic heterocycles. The molecule has 0 aliphatic heterocycles. The maximum atomic E-state index is 12.8. The van der Waals surface area contributed by atoms with E-state index >= 15 is 0 Å². The fraction of sp³-hybridized carbons (Fsp3) is 0.595. The number of unbranched alkanes of at least 4 members (excludes halogenated alkanes) is 7. The molecule has 0 saturated heterocycles. The van der Waals surface area contributed by atoms with E-state index in [9.17, 15) is 29.1 Å². The minimum atomic E-state index is -1.18. The van der Waals surface area contributed by atoms with Crippen LogP contribution in [0.4, 0.5) is 0 Å². The van der Waals surface area contributed by atoms with Crippen molar-refractivity contribution in [2.75, 3.05) is 84.2 Å². The molecule has 2 aromatic carbocycles. The molecule has 2 aromatic rings. The molecule has 1 atom stereocenters. The molecule has 2 rings (SSSR count). The van der Waals surface area contributed by atoms with E-state index in [-0.39, 0.29) is 29.7 Å². The molecule has 58 heavy (non-hydrogen) atoms. The van der Waals surface area contributed by atoms with Gasteiger partial charge in [0.15, 0.2) is 0 Å². The van der Waals surface area contributed by atoms with Crippen LogP contribution >= 0.6 is 23.2 Å². The number of carbonyl (C=O) groups excluding carboxylic acids is 4. The second-order valence-corrected chi connectivity index (χ2v) is 14.2. The van der Waals surface area contributed by atoms with Gasteiger partial charge in [-0.1, -0.05) is 25.7 Å². The number of rotatable bonds is 35. The van der Waals surface area contributed by atoms with Gasteiger partial charge < -0.3 is 45.3 Å². The van der Waals surface area contributed by atoms with E-state index < -0.39 is 17.9 Å². The molecule has 0 aliphatic rings. The first-order valence-electron chi connectivity index (χ1n) is 20.3. The molecular weight excluding hydrogens is 791 g/mol. The zero-order valence-corrected chi connectivity index (χ0v) is 35.1.